The maximum Gasteiger partial charge on any atom is 0.371 e. The number of hydrogen-bond donors (Lipinski definition) is 0. The second-order valence-corrected chi connectivity index (χ2v) is 5.06. The molecule has 0 spiro atoms. The Morgan fingerprint density at radius 3 is 2.36 bits per heavy atom. The van der Waals surface area contributed by atoms with Gasteiger partial charge in [0.1, 0.15) is 0 Å². The van der Waals surface area contributed by atoms with E-state index in [2.05, 4.69) is 0 Å². The van der Waals surface area contributed by atoms with Crippen molar-refractivity contribution in [1.29, 1.82) is 5.26 Å². The number of hydrogen-bond acceptors (Lipinski definition) is 3. The highest BCUT2D eigenvalue weighted by atomic mass is 31.2. The molecule has 0 saturated heterocycles. The molecule has 0 heterocycles. The van der Waals surface area contributed by atoms with Crippen molar-refractivity contribution in [3.63, 3.8) is 0 Å². The van der Waals surface area contributed by atoms with Crippen molar-refractivity contribution < 1.29 is 9.09 Å². The van der Waals surface area contributed by atoms with Gasteiger partial charge in [-0.2, -0.15) is 5.26 Å². The summed E-state index contributed by atoms with van der Waals surface area (Å²) in [7, 11) is -3.20. The number of nitriles is 1. The molecule has 0 fully saturated rings. The molecule has 1 unspecified atom stereocenters. The third-order valence-electron chi connectivity index (χ3n) is 1.82. The molecular formula is C9H19N2O2P. The fraction of sp³-hybridized carbons (Fsp3) is 0.889. The monoisotopic (exact) mass is 218 g/mol. The van der Waals surface area contributed by atoms with E-state index < -0.39 is 7.52 Å². The zero-order valence-corrected chi connectivity index (χ0v) is 10.1. The molecule has 0 aromatic carbocycles. The maximum atomic E-state index is 12.0. The lowest BCUT2D eigenvalue weighted by Gasteiger charge is -2.24. The smallest absolute Gasteiger partial charge is 0.307 e. The van der Waals surface area contributed by atoms with Crippen molar-refractivity contribution in [2.24, 2.45) is 0 Å². The average molecular weight is 218 g/mol. The molecule has 0 aromatic rings. The second-order valence-electron chi connectivity index (χ2n) is 3.00. The van der Waals surface area contributed by atoms with Crippen molar-refractivity contribution in [3.8, 4) is 5.81 Å². The van der Waals surface area contributed by atoms with Gasteiger partial charge in [0.2, 0.25) is 0 Å². The van der Waals surface area contributed by atoms with E-state index in [1.807, 2.05) is 26.6 Å². The van der Waals surface area contributed by atoms with Crippen LogP contribution in [0.15, 0.2) is 0 Å². The standard InChI is InChI=1S/C9H19N2O2P/c1-4-7-11(6-3)14(12,9-10)13-8-5-2/h4-8H2,1-3H3. The lowest BCUT2D eigenvalue weighted by atomic mass is 10.5. The van der Waals surface area contributed by atoms with Crippen LogP contribution in [0.5, 0.6) is 0 Å². The average Bonchev–Trinajstić information content (AvgIpc) is 2.22. The minimum Gasteiger partial charge on any atom is -0.307 e. The summed E-state index contributed by atoms with van der Waals surface area (Å²) in [5, 5.41) is 8.86. The van der Waals surface area contributed by atoms with Crippen molar-refractivity contribution in [1.82, 2.24) is 4.67 Å². The Kier molecular flexibility index (Phi) is 6.82. The van der Waals surface area contributed by atoms with E-state index in [9.17, 15) is 4.57 Å². The Morgan fingerprint density at radius 1 is 1.36 bits per heavy atom. The highest BCUT2D eigenvalue weighted by Crippen LogP contribution is 2.49. The van der Waals surface area contributed by atoms with Crippen molar-refractivity contribution in [2.75, 3.05) is 19.7 Å². The van der Waals surface area contributed by atoms with E-state index in [1.165, 1.54) is 0 Å². The number of rotatable bonds is 7. The van der Waals surface area contributed by atoms with Gasteiger partial charge in [-0.3, -0.25) is 4.57 Å². The number of nitrogens with zero attached hydrogens (tertiary/aromatic N) is 2. The van der Waals surface area contributed by atoms with Gasteiger partial charge in [-0.05, 0) is 12.8 Å². The first kappa shape index (κ1) is 13.6. The predicted octanol–water partition coefficient (Wildman–Crippen LogP) is 2.82. The first-order valence-corrected chi connectivity index (χ1v) is 6.63. The lowest BCUT2D eigenvalue weighted by molar-refractivity contribution is 0.270. The molecule has 1 atom stereocenters. The van der Waals surface area contributed by atoms with Crippen molar-refractivity contribution in [2.45, 2.75) is 33.6 Å². The zero-order chi connectivity index (χ0) is 11.0. The van der Waals surface area contributed by atoms with Crippen LogP contribution in [0, 0.1) is 11.1 Å². The van der Waals surface area contributed by atoms with Crippen molar-refractivity contribution in [3.05, 3.63) is 0 Å². The summed E-state index contributed by atoms with van der Waals surface area (Å²) < 4.78 is 18.8. The molecule has 0 amide bonds. The van der Waals surface area contributed by atoms with E-state index in [1.54, 1.807) is 4.67 Å². The van der Waals surface area contributed by atoms with Gasteiger partial charge in [0.15, 0.2) is 5.81 Å². The largest absolute Gasteiger partial charge is 0.371 e. The Bertz CT molecular complexity index is 237. The summed E-state index contributed by atoms with van der Waals surface area (Å²) in [6.45, 7) is 7.41. The van der Waals surface area contributed by atoms with Gasteiger partial charge in [-0.25, -0.2) is 4.67 Å². The molecule has 0 aliphatic rings. The maximum absolute atomic E-state index is 12.0. The molecule has 4 nitrogen and oxygen atoms in total. The molecule has 0 radical (unpaired) electrons. The third-order valence-corrected chi connectivity index (χ3v) is 3.83. The van der Waals surface area contributed by atoms with E-state index >= 15 is 0 Å². The Labute approximate surface area is 86.4 Å². The molecule has 0 bridgehead atoms. The molecule has 0 aliphatic heterocycles. The van der Waals surface area contributed by atoms with Crippen LogP contribution in [0.4, 0.5) is 0 Å². The first-order valence-electron chi connectivity index (χ1n) is 5.05. The lowest BCUT2D eigenvalue weighted by Crippen LogP contribution is -2.21. The van der Waals surface area contributed by atoms with Crippen LogP contribution >= 0.6 is 7.52 Å². The molecule has 0 rings (SSSR count). The molecule has 0 saturated carbocycles. The minimum atomic E-state index is -3.20. The van der Waals surface area contributed by atoms with Gasteiger partial charge < -0.3 is 4.52 Å². The quantitative estimate of drug-likeness (QED) is 0.616. The third kappa shape index (κ3) is 3.79. The summed E-state index contributed by atoms with van der Waals surface area (Å²) in [5.74, 6) is 1.81. The molecule has 0 N–H and O–H groups in total. The van der Waals surface area contributed by atoms with Crippen LogP contribution in [-0.2, 0) is 9.09 Å². The summed E-state index contributed by atoms with van der Waals surface area (Å²) in [5.41, 5.74) is 0. The Hall–Kier alpha value is -0.360. The fourth-order valence-electron chi connectivity index (χ4n) is 1.12. The van der Waals surface area contributed by atoms with Gasteiger partial charge >= 0.3 is 7.52 Å². The molecular weight excluding hydrogens is 199 g/mol. The molecule has 14 heavy (non-hydrogen) atoms. The van der Waals surface area contributed by atoms with Crippen LogP contribution in [0.1, 0.15) is 33.6 Å². The van der Waals surface area contributed by atoms with Crippen LogP contribution < -0.4 is 0 Å². The van der Waals surface area contributed by atoms with Gasteiger partial charge in [-0.15, -0.1) is 0 Å². The van der Waals surface area contributed by atoms with Crippen LogP contribution in [0.25, 0.3) is 0 Å². The van der Waals surface area contributed by atoms with Crippen LogP contribution in [-0.4, -0.2) is 24.4 Å². The summed E-state index contributed by atoms with van der Waals surface area (Å²) in [6, 6.07) is 0. The SMILES string of the molecule is CCCOP(=O)(C#N)N(CC)CCC. The molecule has 5 heteroatoms. The van der Waals surface area contributed by atoms with Gasteiger partial charge in [0.05, 0.1) is 6.61 Å². The highest BCUT2D eigenvalue weighted by molar-refractivity contribution is 7.61. The zero-order valence-electron chi connectivity index (χ0n) is 9.19. The van der Waals surface area contributed by atoms with E-state index in [0.717, 1.165) is 12.8 Å². The van der Waals surface area contributed by atoms with E-state index in [4.69, 9.17) is 9.79 Å². The summed E-state index contributed by atoms with van der Waals surface area (Å²) in [4.78, 5) is 0. The first-order chi connectivity index (χ1) is 6.64. The summed E-state index contributed by atoms with van der Waals surface area (Å²) in [6.07, 6.45) is 1.64. The predicted molar refractivity (Wildman–Crippen MR) is 57.0 cm³/mol. The summed E-state index contributed by atoms with van der Waals surface area (Å²) >= 11 is 0. The molecule has 82 valence electrons. The van der Waals surface area contributed by atoms with Crippen LogP contribution in [0.3, 0.4) is 0 Å². The minimum absolute atomic E-state index is 0.380. The van der Waals surface area contributed by atoms with Gasteiger partial charge in [0, 0.05) is 13.1 Å². The molecule has 0 aromatic heterocycles. The van der Waals surface area contributed by atoms with Crippen molar-refractivity contribution >= 4 is 7.52 Å². The van der Waals surface area contributed by atoms with Crippen LogP contribution in [0.2, 0.25) is 0 Å². The highest BCUT2D eigenvalue weighted by Gasteiger charge is 2.29. The van der Waals surface area contributed by atoms with E-state index in [0.29, 0.717) is 19.7 Å². The second kappa shape index (κ2) is 7.00. The normalized spacial score (nSPS) is 15.1. The fourth-order valence-corrected chi connectivity index (χ4v) is 2.74. The van der Waals surface area contributed by atoms with E-state index in [-0.39, 0.29) is 0 Å². The Morgan fingerprint density at radius 2 is 2.00 bits per heavy atom. The molecule has 0 aliphatic carbocycles. The topological polar surface area (TPSA) is 53.3 Å². The van der Waals surface area contributed by atoms with Gasteiger partial charge in [-0.1, -0.05) is 20.8 Å². The van der Waals surface area contributed by atoms with Gasteiger partial charge in [0.25, 0.3) is 0 Å². The Balaban J connectivity index is 4.48.